The van der Waals surface area contributed by atoms with Crippen LogP contribution in [-0.2, 0) is 0 Å². The zero-order valence-electron chi connectivity index (χ0n) is 9.59. The van der Waals surface area contributed by atoms with Crippen LogP contribution in [0.1, 0.15) is 10.4 Å². The van der Waals surface area contributed by atoms with Gasteiger partial charge in [0.2, 0.25) is 0 Å². The van der Waals surface area contributed by atoms with E-state index in [1.165, 1.54) is 12.3 Å². The van der Waals surface area contributed by atoms with E-state index in [9.17, 15) is 4.79 Å². The lowest BCUT2D eigenvalue weighted by molar-refractivity contribution is 0.102. The Bertz CT molecular complexity index is 754. The van der Waals surface area contributed by atoms with Crippen LogP contribution < -0.4 is 5.32 Å². The molecule has 0 unspecified atom stereocenters. The number of nitrogens with one attached hydrogen (secondary N) is 2. The third-order valence-corrected chi connectivity index (χ3v) is 2.74. The Labute approximate surface area is 112 Å². The summed E-state index contributed by atoms with van der Waals surface area (Å²) < 4.78 is 0. The van der Waals surface area contributed by atoms with Gasteiger partial charge in [-0.25, -0.2) is 9.97 Å². The van der Waals surface area contributed by atoms with Gasteiger partial charge in [0.1, 0.15) is 5.15 Å². The summed E-state index contributed by atoms with van der Waals surface area (Å²) in [7, 11) is 0. The first-order valence-electron chi connectivity index (χ1n) is 5.44. The Morgan fingerprint density at radius 3 is 3.00 bits per heavy atom. The molecule has 0 radical (unpaired) electrons. The number of hydrogen-bond donors (Lipinski definition) is 2. The predicted octanol–water partition coefficient (Wildman–Crippen LogP) is 2.26. The first kappa shape index (κ1) is 11.6. The van der Waals surface area contributed by atoms with Gasteiger partial charge in [0.25, 0.3) is 5.91 Å². The zero-order chi connectivity index (χ0) is 13.2. The van der Waals surface area contributed by atoms with Crippen molar-refractivity contribution in [2.75, 3.05) is 5.32 Å². The number of nitrogens with zero attached hydrogens (tertiary/aromatic N) is 3. The number of anilines is 1. The molecule has 0 aliphatic heterocycles. The van der Waals surface area contributed by atoms with Crippen molar-refractivity contribution in [2.24, 2.45) is 0 Å². The van der Waals surface area contributed by atoms with Crippen LogP contribution in [0, 0.1) is 0 Å². The van der Waals surface area contributed by atoms with Crippen molar-refractivity contribution in [1.82, 2.24) is 20.2 Å². The maximum absolute atomic E-state index is 12.0. The third kappa shape index (κ3) is 2.38. The van der Waals surface area contributed by atoms with Crippen LogP contribution in [0.25, 0.3) is 11.0 Å². The number of H-pyrrole nitrogens is 1. The van der Waals surface area contributed by atoms with E-state index in [1.807, 2.05) is 0 Å². The summed E-state index contributed by atoms with van der Waals surface area (Å²) in [6.45, 7) is 0. The Morgan fingerprint density at radius 2 is 2.16 bits per heavy atom. The van der Waals surface area contributed by atoms with Crippen LogP contribution in [0.5, 0.6) is 0 Å². The Kier molecular flexibility index (Phi) is 2.85. The van der Waals surface area contributed by atoms with Gasteiger partial charge in [-0.15, -0.1) is 0 Å². The molecule has 0 spiro atoms. The van der Waals surface area contributed by atoms with Crippen LogP contribution in [-0.4, -0.2) is 26.1 Å². The van der Waals surface area contributed by atoms with E-state index in [0.29, 0.717) is 16.9 Å². The minimum absolute atomic E-state index is 0.269. The highest BCUT2D eigenvalue weighted by molar-refractivity contribution is 6.29. The van der Waals surface area contributed by atoms with E-state index in [4.69, 9.17) is 11.6 Å². The van der Waals surface area contributed by atoms with Crippen LogP contribution in [0.2, 0.25) is 5.15 Å². The maximum Gasteiger partial charge on any atom is 0.255 e. The van der Waals surface area contributed by atoms with Crippen LogP contribution in [0.3, 0.4) is 0 Å². The van der Waals surface area contributed by atoms with Gasteiger partial charge >= 0.3 is 0 Å². The van der Waals surface area contributed by atoms with Crippen molar-refractivity contribution in [3.8, 4) is 0 Å². The second-order valence-electron chi connectivity index (χ2n) is 3.85. The molecule has 0 saturated carbocycles. The molecular formula is C12H8ClN5O. The van der Waals surface area contributed by atoms with E-state index >= 15 is 0 Å². The Morgan fingerprint density at radius 1 is 1.26 bits per heavy atom. The number of rotatable bonds is 2. The van der Waals surface area contributed by atoms with Crippen molar-refractivity contribution in [1.29, 1.82) is 0 Å². The topological polar surface area (TPSA) is 83.6 Å². The van der Waals surface area contributed by atoms with E-state index in [-0.39, 0.29) is 11.1 Å². The number of hydrogen-bond acceptors (Lipinski definition) is 4. The minimum Gasteiger partial charge on any atom is -0.321 e. The van der Waals surface area contributed by atoms with Gasteiger partial charge in [-0.2, -0.15) is 5.10 Å². The fraction of sp³-hybridized carbons (Fsp3) is 0. The van der Waals surface area contributed by atoms with Crippen molar-refractivity contribution in [2.45, 2.75) is 0 Å². The molecule has 2 N–H and O–H groups in total. The summed E-state index contributed by atoms with van der Waals surface area (Å²) in [5.74, 6) is -0.269. The lowest BCUT2D eigenvalue weighted by Gasteiger charge is -2.04. The van der Waals surface area contributed by atoms with Crippen molar-refractivity contribution < 1.29 is 4.79 Å². The zero-order valence-corrected chi connectivity index (χ0v) is 10.3. The summed E-state index contributed by atoms with van der Waals surface area (Å²) in [4.78, 5) is 20.0. The molecule has 6 nitrogen and oxygen atoms in total. The molecule has 1 amide bonds. The molecule has 3 aromatic heterocycles. The Balaban J connectivity index is 1.86. The number of aromatic amines is 1. The van der Waals surface area contributed by atoms with E-state index < -0.39 is 0 Å². The van der Waals surface area contributed by atoms with Crippen molar-refractivity contribution in [3.63, 3.8) is 0 Å². The molecule has 7 heteroatoms. The first-order valence-corrected chi connectivity index (χ1v) is 5.82. The highest BCUT2D eigenvalue weighted by atomic mass is 35.5. The molecule has 0 bridgehead atoms. The summed E-state index contributed by atoms with van der Waals surface area (Å²) in [5, 5.41) is 10.4. The standard InChI is InChI=1S/C12H8ClN5O/c13-10-4-7(1-2-14-10)12(19)17-9-3-8-5-16-18-11(8)15-6-9/h1-6H,(H,17,19)(H,15,16,18). The van der Waals surface area contributed by atoms with Gasteiger partial charge in [-0.1, -0.05) is 11.6 Å². The molecular weight excluding hydrogens is 266 g/mol. The maximum atomic E-state index is 12.0. The normalized spacial score (nSPS) is 10.6. The average molecular weight is 274 g/mol. The number of amides is 1. The van der Waals surface area contributed by atoms with Gasteiger partial charge < -0.3 is 5.32 Å². The summed E-state index contributed by atoms with van der Waals surface area (Å²) in [5.41, 5.74) is 1.70. The molecule has 0 saturated heterocycles. The predicted molar refractivity (Wildman–Crippen MR) is 71.1 cm³/mol. The second kappa shape index (κ2) is 4.66. The SMILES string of the molecule is O=C(Nc1cnc2[nH]ncc2c1)c1ccnc(Cl)c1. The highest BCUT2D eigenvalue weighted by Gasteiger charge is 2.08. The smallest absolute Gasteiger partial charge is 0.255 e. The molecule has 3 rings (SSSR count). The van der Waals surface area contributed by atoms with Crippen molar-refractivity contribution >= 4 is 34.2 Å². The van der Waals surface area contributed by atoms with Crippen LogP contribution in [0.15, 0.2) is 36.8 Å². The third-order valence-electron chi connectivity index (χ3n) is 2.54. The number of carbonyl (C=O) groups is 1. The quantitative estimate of drug-likeness (QED) is 0.702. The molecule has 0 atom stereocenters. The first-order chi connectivity index (χ1) is 9.22. The summed E-state index contributed by atoms with van der Waals surface area (Å²) in [6.07, 6.45) is 4.68. The van der Waals surface area contributed by atoms with Gasteiger partial charge in [0.15, 0.2) is 5.65 Å². The van der Waals surface area contributed by atoms with Gasteiger partial charge in [0.05, 0.1) is 18.1 Å². The second-order valence-corrected chi connectivity index (χ2v) is 4.24. The van der Waals surface area contributed by atoms with Gasteiger partial charge in [-0.3, -0.25) is 9.89 Å². The number of carbonyl (C=O) groups excluding carboxylic acids is 1. The largest absolute Gasteiger partial charge is 0.321 e. The molecule has 94 valence electrons. The number of aromatic nitrogens is 4. The number of pyridine rings is 2. The summed E-state index contributed by atoms with van der Waals surface area (Å²) >= 11 is 5.74. The van der Waals surface area contributed by atoms with Gasteiger partial charge in [0, 0.05) is 17.1 Å². The lowest BCUT2D eigenvalue weighted by Crippen LogP contribution is -2.12. The van der Waals surface area contributed by atoms with E-state index in [0.717, 1.165) is 5.39 Å². The van der Waals surface area contributed by atoms with Crippen LogP contribution >= 0.6 is 11.6 Å². The van der Waals surface area contributed by atoms with Crippen LogP contribution in [0.4, 0.5) is 5.69 Å². The molecule has 3 aromatic rings. The molecule has 19 heavy (non-hydrogen) atoms. The average Bonchev–Trinajstić information content (AvgIpc) is 2.86. The number of halogens is 1. The molecule has 0 fully saturated rings. The monoisotopic (exact) mass is 273 g/mol. The summed E-state index contributed by atoms with van der Waals surface area (Å²) in [6, 6.07) is 4.87. The molecule has 0 aliphatic carbocycles. The van der Waals surface area contributed by atoms with E-state index in [1.54, 1.807) is 24.5 Å². The Hall–Kier alpha value is -2.47. The van der Waals surface area contributed by atoms with E-state index in [2.05, 4.69) is 25.5 Å². The number of fused-ring (bicyclic) bond motifs is 1. The highest BCUT2D eigenvalue weighted by Crippen LogP contribution is 2.15. The van der Waals surface area contributed by atoms with Crippen molar-refractivity contribution in [3.05, 3.63) is 47.5 Å². The van der Waals surface area contributed by atoms with Gasteiger partial charge in [-0.05, 0) is 18.2 Å². The fourth-order valence-electron chi connectivity index (χ4n) is 1.65. The molecule has 0 aliphatic rings. The minimum atomic E-state index is -0.269. The molecule has 3 heterocycles. The molecule has 0 aromatic carbocycles. The fourth-order valence-corrected chi connectivity index (χ4v) is 1.83. The lowest BCUT2D eigenvalue weighted by atomic mass is 10.2.